The molecule has 1 aliphatic rings. The standard InChI is InChI=1S/C29H37N5O3S/c1-20(9-13-30-28(35)27-21(2)31-19-32-22(27)3)33-14-10-26(11-15-33)34(17-23-12-16-38-18-23)25-7-5-24(6-8-25)29(36)37-4/h5-8,12,16,18-20,26H,9-11,13-15,17H2,1-4H3,(H,30,35)/t20-/m1/s1. The number of likely N-dealkylation sites (tertiary alicyclic amines) is 1. The molecular weight excluding hydrogens is 498 g/mol. The minimum atomic E-state index is -0.318. The van der Waals surface area contributed by atoms with Gasteiger partial charge in [-0.25, -0.2) is 14.8 Å². The van der Waals surface area contributed by atoms with Crippen LogP contribution >= 0.6 is 11.3 Å². The first-order valence-corrected chi connectivity index (χ1v) is 14.1. The summed E-state index contributed by atoms with van der Waals surface area (Å²) in [7, 11) is 1.40. The molecule has 4 rings (SSSR count). The van der Waals surface area contributed by atoms with Gasteiger partial charge in [-0.05, 0) is 86.7 Å². The van der Waals surface area contributed by atoms with Crippen molar-refractivity contribution < 1.29 is 14.3 Å². The van der Waals surface area contributed by atoms with Crippen molar-refractivity contribution in [1.82, 2.24) is 20.2 Å². The van der Waals surface area contributed by atoms with Crippen molar-refractivity contribution >= 4 is 28.9 Å². The molecule has 0 bridgehead atoms. The van der Waals surface area contributed by atoms with E-state index in [1.54, 1.807) is 11.3 Å². The molecule has 1 aromatic carbocycles. The lowest BCUT2D eigenvalue weighted by molar-refractivity contribution is 0.0600. The van der Waals surface area contributed by atoms with Crippen LogP contribution in [0.4, 0.5) is 5.69 Å². The number of aryl methyl sites for hydroxylation is 2. The molecule has 0 aliphatic carbocycles. The number of anilines is 1. The fourth-order valence-electron chi connectivity index (χ4n) is 5.14. The Morgan fingerprint density at radius 1 is 1.13 bits per heavy atom. The topological polar surface area (TPSA) is 87.7 Å². The van der Waals surface area contributed by atoms with Crippen LogP contribution < -0.4 is 10.2 Å². The molecule has 202 valence electrons. The van der Waals surface area contributed by atoms with Crippen molar-refractivity contribution in [1.29, 1.82) is 0 Å². The molecule has 1 amide bonds. The molecule has 9 heteroatoms. The third-order valence-corrected chi connectivity index (χ3v) is 8.15. The van der Waals surface area contributed by atoms with Gasteiger partial charge in [-0.1, -0.05) is 0 Å². The zero-order chi connectivity index (χ0) is 27.1. The third kappa shape index (κ3) is 6.76. The second-order valence-corrected chi connectivity index (χ2v) is 10.7. The highest BCUT2D eigenvalue weighted by Crippen LogP contribution is 2.28. The number of amides is 1. The number of rotatable bonds is 10. The maximum atomic E-state index is 12.7. The first-order chi connectivity index (χ1) is 18.4. The highest BCUT2D eigenvalue weighted by molar-refractivity contribution is 7.07. The quantitative estimate of drug-likeness (QED) is 0.379. The van der Waals surface area contributed by atoms with Gasteiger partial charge in [0.25, 0.3) is 5.91 Å². The molecule has 1 aliphatic heterocycles. The van der Waals surface area contributed by atoms with Gasteiger partial charge in [0.2, 0.25) is 0 Å². The van der Waals surface area contributed by atoms with E-state index in [-0.39, 0.29) is 11.9 Å². The zero-order valence-electron chi connectivity index (χ0n) is 22.6. The van der Waals surface area contributed by atoms with Gasteiger partial charge >= 0.3 is 5.97 Å². The lowest BCUT2D eigenvalue weighted by Gasteiger charge is -2.42. The summed E-state index contributed by atoms with van der Waals surface area (Å²) in [5.41, 5.74) is 4.97. The lowest BCUT2D eigenvalue weighted by atomic mass is 9.99. The van der Waals surface area contributed by atoms with Crippen molar-refractivity contribution in [2.45, 2.75) is 58.7 Å². The maximum Gasteiger partial charge on any atom is 0.337 e. The summed E-state index contributed by atoms with van der Waals surface area (Å²) in [4.78, 5) is 37.9. The molecule has 2 aromatic heterocycles. The second kappa shape index (κ2) is 13.0. The van der Waals surface area contributed by atoms with Gasteiger partial charge in [0.15, 0.2) is 0 Å². The van der Waals surface area contributed by atoms with Crippen LogP contribution in [0.25, 0.3) is 0 Å². The summed E-state index contributed by atoms with van der Waals surface area (Å²) < 4.78 is 4.86. The van der Waals surface area contributed by atoms with Crippen molar-refractivity contribution in [2.24, 2.45) is 0 Å². The van der Waals surface area contributed by atoms with Crippen LogP contribution in [0.15, 0.2) is 47.4 Å². The molecule has 0 saturated carbocycles. The van der Waals surface area contributed by atoms with Crippen molar-refractivity contribution in [2.75, 3.05) is 31.6 Å². The Kier molecular flexibility index (Phi) is 9.47. The lowest BCUT2D eigenvalue weighted by Crippen LogP contribution is -2.48. The Balaban J connectivity index is 1.33. The Hall–Kier alpha value is -3.30. The Labute approximate surface area is 229 Å². The highest BCUT2D eigenvalue weighted by Gasteiger charge is 2.27. The van der Waals surface area contributed by atoms with Gasteiger partial charge in [0.05, 0.1) is 29.6 Å². The summed E-state index contributed by atoms with van der Waals surface area (Å²) in [6.45, 7) is 9.38. The van der Waals surface area contributed by atoms with E-state index in [2.05, 4.69) is 48.8 Å². The number of methoxy groups -OCH3 is 1. The minimum Gasteiger partial charge on any atom is -0.465 e. The normalized spacial score (nSPS) is 15.2. The predicted octanol–water partition coefficient (Wildman–Crippen LogP) is 4.62. The summed E-state index contributed by atoms with van der Waals surface area (Å²) in [6, 6.07) is 10.7. The predicted molar refractivity (Wildman–Crippen MR) is 151 cm³/mol. The number of nitrogens with zero attached hydrogens (tertiary/aromatic N) is 4. The summed E-state index contributed by atoms with van der Waals surface area (Å²) >= 11 is 1.71. The fourth-order valence-corrected chi connectivity index (χ4v) is 5.80. The molecule has 0 unspecified atom stereocenters. The molecule has 3 aromatic rings. The number of carbonyl (C=O) groups excluding carboxylic acids is 2. The summed E-state index contributed by atoms with van der Waals surface area (Å²) in [6.07, 6.45) is 4.49. The molecule has 38 heavy (non-hydrogen) atoms. The van der Waals surface area contributed by atoms with E-state index in [1.807, 2.05) is 38.1 Å². The molecule has 1 saturated heterocycles. The molecule has 1 fully saturated rings. The molecule has 8 nitrogen and oxygen atoms in total. The number of piperidine rings is 1. The van der Waals surface area contributed by atoms with E-state index in [1.165, 1.54) is 19.0 Å². The first kappa shape index (κ1) is 27.7. The van der Waals surface area contributed by atoms with Gasteiger partial charge in [-0.15, -0.1) is 0 Å². The Morgan fingerprint density at radius 2 is 1.82 bits per heavy atom. The number of esters is 1. The van der Waals surface area contributed by atoms with Crippen LogP contribution in [-0.4, -0.2) is 65.6 Å². The van der Waals surface area contributed by atoms with Gasteiger partial charge in [0.1, 0.15) is 6.33 Å². The number of nitrogens with one attached hydrogen (secondary N) is 1. The molecule has 0 radical (unpaired) electrons. The SMILES string of the molecule is COC(=O)c1ccc(N(Cc2ccsc2)C2CCN([C@H](C)CCNC(=O)c3c(C)ncnc3C)CC2)cc1. The van der Waals surface area contributed by atoms with Crippen LogP contribution in [0.2, 0.25) is 0 Å². The number of carbonyl (C=O) groups is 2. The number of benzene rings is 1. The van der Waals surface area contributed by atoms with Gasteiger partial charge in [-0.3, -0.25) is 4.79 Å². The number of aromatic nitrogens is 2. The maximum absolute atomic E-state index is 12.7. The van der Waals surface area contributed by atoms with E-state index < -0.39 is 0 Å². The van der Waals surface area contributed by atoms with Gasteiger partial charge in [0, 0.05) is 44.0 Å². The third-order valence-electron chi connectivity index (χ3n) is 7.42. The number of ether oxygens (including phenoxy) is 1. The fraction of sp³-hybridized carbons (Fsp3) is 0.448. The van der Waals surface area contributed by atoms with Crippen LogP contribution in [0.3, 0.4) is 0 Å². The second-order valence-electron chi connectivity index (χ2n) is 9.88. The monoisotopic (exact) mass is 535 g/mol. The average Bonchev–Trinajstić information content (AvgIpc) is 3.45. The van der Waals surface area contributed by atoms with Crippen LogP contribution in [0, 0.1) is 13.8 Å². The number of hydrogen-bond acceptors (Lipinski definition) is 8. The van der Waals surface area contributed by atoms with E-state index >= 15 is 0 Å². The van der Waals surface area contributed by atoms with Crippen LogP contribution in [0.5, 0.6) is 0 Å². The van der Waals surface area contributed by atoms with E-state index in [0.717, 1.165) is 44.6 Å². The molecule has 3 heterocycles. The largest absolute Gasteiger partial charge is 0.465 e. The average molecular weight is 536 g/mol. The molecular formula is C29H37N5O3S. The Morgan fingerprint density at radius 3 is 2.42 bits per heavy atom. The molecule has 1 N–H and O–H groups in total. The van der Waals surface area contributed by atoms with Crippen molar-refractivity contribution in [3.05, 3.63) is 75.5 Å². The minimum absolute atomic E-state index is 0.103. The van der Waals surface area contributed by atoms with Gasteiger partial charge in [-0.2, -0.15) is 11.3 Å². The van der Waals surface area contributed by atoms with Gasteiger partial charge < -0.3 is 19.9 Å². The van der Waals surface area contributed by atoms with Crippen molar-refractivity contribution in [3.8, 4) is 0 Å². The summed E-state index contributed by atoms with van der Waals surface area (Å²) in [5, 5.41) is 7.37. The zero-order valence-corrected chi connectivity index (χ0v) is 23.5. The van der Waals surface area contributed by atoms with E-state index in [0.29, 0.717) is 41.1 Å². The smallest absolute Gasteiger partial charge is 0.337 e. The molecule has 0 spiro atoms. The van der Waals surface area contributed by atoms with Crippen molar-refractivity contribution in [3.63, 3.8) is 0 Å². The van der Waals surface area contributed by atoms with Crippen LogP contribution in [0.1, 0.15) is 63.9 Å². The first-order valence-electron chi connectivity index (χ1n) is 13.1. The van der Waals surface area contributed by atoms with E-state index in [9.17, 15) is 9.59 Å². The highest BCUT2D eigenvalue weighted by atomic mass is 32.1. The van der Waals surface area contributed by atoms with Crippen LogP contribution in [-0.2, 0) is 11.3 Å². The molecule has 1 atom stereocenters. The Bertz CT molecular complexity index is 1190. The number of thiophene rings is 1. The summed E-state index contributed by atoms with van der Waals surface area (Å²) in [5.74, 6) is -0.421. The number of hydrogen-bond donors (Lipinski definition) is 1. The van der Waals surface area contributed by atoms with E-state index in [4.69, 9.17) is 4.74 Å².